The second-order valence-corrected chi connectivity index (χ2v) is 6.43. The van der Waals surface area contributed by atoms with Crippen LogP contribution in [0.25, 0.3) is 10.9 Å². The molecule has 1 aromatic heterocycles. The lowest BCUT2D eigenvalue weighted by Crippen LogP contribution is -2.38. The SMILES string of the molecule is CCNC(=NCc1ccc(O)c(F)c1)NCCc1c(C)[nH]c2ccccc12.I. The van der Waals surface area contributed by atoms with E-state index in [9.17, 15) is 9.50 Å². The maximum atomic E-state index is 13.4. The third-order valence-corrected chi connectivity index (χ3v) is 4.47. The van der Waals surface area contributed by atoms with Crippen LogP contribution >= 0.6 is 24.0 Å². The van der Waals surface area contributed by atoms with Gasteiger partial charge in [-0.1, -0.05) is 24.3 Å². The molecule has 2 aromatic carbocycles. The number of phenols is 1. The first-order valence-corrected chi connectivity index (χ1v) is 9.14. The summed E-state index contributed by atoms with van der Waals surface area (Å²) in [5.74, 6) is -0.291. The number of benzene rings is 2. The predicted octanol–water partition coefficient (Wildman–Crippen LogP) is 4.24. The van der Waals surface area contributed by atoms with Crippen molar-refractivity contribution in [1.29, 1.82) is 0 Å². The van der Waals surface area contributed by atoms with Gasteiger partial charge in [0, 0.05) is 29.7 Å². The Morgan fingerprint density at radius 1 is 1.18 bits per heavy atom. The number of hydrogen-bond donors (Lipinski definition) is 4. The zero-order valence-corrected chi connectivity index (χ0v) is 18.4. The van der Waals surface area contributed by atoms with Gasteiger partial charge >= 0.3 is 0 Å². The van der Waals surface area contributed by atoms with E-state index in [0.717, 1.165) is 25.0 Å². The number of nitrogens with zero attached hydrogens (tertiary/aromatic N) is 1. The summed E-state index contributed by atoms with van der Waals surface area (Å²) in [6, 6.07) is 12.6. The zero-order valence-electron chi connectivity index (χ0n) is 16.1. The zero-order chi connectivity index (χ0) is 19.2. The van der Waals surface area contributed by atoms with Crippen LogP contribution in [0, 0.1) is 12.7 Å². The average Bonchev–Trinajstić information content (AvgIpc) is 2.98. The molecule has 0 fully saturated rings. The number of aryl methyl sites for hydroxylation is 1. The van der Waals surface area contributed by atoms with Gasteiger partial charge in [0.2, 0.25) is 0 Å². The van der Waals surface area contributed by atoms with E-state index in [2.05, 4.69) is 45.7 Å². The van der Waals surface area contributed by atoms with Crippen LogP contribution in [0.15, 0.2) is 47.5 Å². The van der Waals surface area contributed by atoms with Gasteiger partial charge in [0.05, 0.1) is 6.54 Å². The van der Waals surface area contributed by atoms with Crippen molar-refractivity contribution in [2.24, 2.45) is 4.99 Å². The molecule has 3 aromatic rings. The lowest BCUT2D eigenvalue weighted by atomic mass is 10.1. The molecule has 0 spiro atoms. The van der Waals surface area contributed by atoms with Crippen LogP contribution in [0.5, 0.6) is 5.75 Å². The highest BCUT2D eigenvalue weighted by atomic mass is 127. The van der Waals surface area contributed by atoms with Gasteiger partial charge in [0.15, 0.2) is 17.5 Å². The highest BCUT2D eigenvalue weighted by Crippen LogP contribution is 2.22. The van der Waals surface area contributed by atoms with E-state index < -0.39 is 5.82 Å². The van der Waals surface area contributed by atoms with E-state index >= 15 is 0 Å². The van der Waals surface area contributed by atoms with Crippen molar-refractivity contribution in [3.8, 4) is 5.75 Å². The van der Waals surface area contributed by atoms with E-state index in [4.69, 9.17) is 0 Å². The van der Waals surface area contributed by atoms with Crippen LogP contribution in [0.2, 0.25) is 0 Å². The fourth-order valence-electron chi connectivity index (χ4n) is 3.12. The molecule has 0 saturated heterocycles. The van der Waals surface area contributed by atoms with E-state index in [1.165, 1.54) is 28.8 Å². The van der Waals surface area contributed by atoms with Gasteiger partial charge < -0.3 is 20.7 Å². The predicted molar refractivity (Wildman–Crippen MR) is 123 cm³/mol. The van der Waals surface area contributed by atoms with Crippen molar-refractivity contribution >= 4 is 40.8 Å². The second kappa shape index (κ2) is 10.3. The Bertz CT molecular complexity index is 955. The molecule has 28 heavy (non-hydrogen) atoms. The molecule has 4 N–H and O–H groups in total. The summed E-state index contributed by atoms with van der Waals surface area (Å²) >= 11 is 0. The van der Waals surface area contributed by atoms with Crippen molar-refractivity contribution < 1.29 is 9.50 Å². The summed E-state index contributed by atoms with van der Waals surface area (Å²) in [6.07, 6.45) is 0.869. The van der Waals surface area contributed by atoms with Gasteiger partial charge in [-0.3, -0.25) is 0 Å². The molecule has 0 radical (unpaired) electrons. The molecule has 0 amide bonds. The van der Waals surface area contributed by atoms with Crippen LogP contribution in [0.3, 0.4) is 0 Å². The summed E-state index contributed by atoms with van der Waals surface area (Å²) in [4.78, 5) is 7.91. The first kappa shape index (κ1) is 22.0. The third kappa shape index (κ3) is 5.37. The number of para-hydroxylation sites is 1. The Morgan fingerprint density at radius 2 is 1.96 bits per heavy atom. The first-order chi connectivity index (χ1) is 13.1. The largest absolute Gasteiger partial charge is 0.505 e. The van der Waals surface area contributed by atoms with E-state index in [0.29, 0.717) is 18.1 Å². The number of aliphatic imine (C=N–C) groups is 1. The molecule has 7 heteroatoms. The molecule has 1 heterocycles. The van der Waals surface area contributed by atoms with Crippen LogP contribution in [0.1, 0.15) is 23.7 Å². The maximum Gasteiger partial charge on any atom is 0.191 e. The molecule has 3 rings (SSSR count). The van der Waals surface area contributed by atoms with E-state index in [1.54, 1.807) is 6.07 Å². The number of H-pyrrole nitrogens is 1. The average molecular weight is 496 g/mol. The molecule has 0 aliphatic heterocycles. The van der Waals surface area contributed by atoms with Crippen LogP contribution in [-0.4, -0.2) is 29.1 Å². The summed E-state index contributed by atoms with van der Waals surface area (Å²) < 4.78 is 13.4. The second-order valence-electron chi connectivity index (χ2n) is 6.43. The monoisotopic (exact) mass is 496 g/mol. The molecule has 5 nitrogen and oxygen atoms in total. The number of aromatic nitrogens is 1. The van der Waals surface area contributed by atoms with Gasteiger partial charge in [0.25, 0.3) is 0 Å². The van der Waals surface area contributed by atoms with Gasteiger partial charge in [-0.05, 0) is 49.6 Å². The highest BCUT2D eigenvalue weighted by molar-refractivity contribution is 14.0. The van der Waals surface area contributed by atoms with Crippen molar-refractivity contribution in [3.05, 3.63) is 65.1 Å². The number of hydrogen-bond acceptors (Lipinski definition) is 2. The summed E-state index contributed by atoms with van der Waals surface area (Å²) in [7, 11) is 0. The molecule has 0 atom stereocenters. The normalized spacial score (nSPS) is 11.3. The number of halogens is 2. The number of nitrogens with one attached hydrogen (secondary N) is 3. The third-order valence-electron chi connectivity index (χ3n) is 4.47. The van der Waals surface area contributed by atoms with Crippen LogP contribution < -0.4 is 10.6 Å². The van der Waals surface area contributed by atoms with Crippen molar-refractivity contribution in [2.75, 3.05) is 13.1 Å². The number of aromatic amines is 1. The Morgan fingerprint density at radius 3 is 2.71 bits per heavy atom. The molecular weight excluding hydrogens is 470 g/mol. The minimum atomic E-state index is -0.629. The number of guanidine groups is 1. The van der Waals surface area contributed by atoms with Crippen LogP contribution in [-0.2, 0) is 13.0 Å². The Labute approximate surface area is 181 Å². The Hall–Kier alpha value is -2.29. The summed E-state index contributed by atoms with van der Waals surface area (Å²) in [5, 5.41) is 17.0. The lowest BCUT2D eigenvalue weighted by Gasteiger charge is -2.11. The van der Waals surface area contributed by atoms with Crippen molar-refractivity contribution in [2.45, 2.75) is 26.8 Å². The number of rotatable bonds is 6. The van der Waals surface area contributed by atoms with Gasteiger partial charge in [-0.25, -0.2) is 9.38 Å². The molecule has 0 unspecified atom stereocenters. The van der Waals surface area contributed by atoms with Gasteiger partial charge in [0.1, 0.15) is 0 Å². The fourth-order valence-corrected chi connectivity index (χ4v) is 3.12. The van der Waals surface area contributed by atoms with Gasteiger partial charge in [-0.15, -0.1) is 24.0 Å². The van der Waals surface area contributed by atoms with Crippen LogP contribution in [0.4, 0.5) is 4.39 Å². The topological polar surface area (TPSA) is 72.4 Å². The molecule has 150 valence electrons. The van der Waals surface area contributed by atoms with Crippen molar-refractivity contribution in [1.82, 2.24) is 15.6 Å². The summed E-state index contributed by atoms with van der Waals surface area (Å²) in [6.45, 7) is 5.90. The molecule has 0 aliphatic carbocycles. The molecule has 0 bridgehead atoms. The molecule has 0 saturated carbocycles. The summed E-state index contributed by atoms with van der Waals surface area (Å²) in [5.41, 5.74) is 4.34. The minimum Gasteiger partial charge on any atom is -0.505 e. The number of fused-ring (bicyclic) bond motifs is 1. The van der Waals surface area contributed by atoms with Gasteiger partial charge in [-0.2, -0.15) is 0 Å². The molecular formula is C21H26FIN4O. The van der Waals surface area contributed by atoms with E-state index in [1.807, 2.05) is 13.0 Å². The first-order valence-electron chi connectivity index (χ1n) is 9.14. The molecule has 0 aliphatic rings. The number of phenolic OH excluding ortho intramolecular Hbond substituents is 1. The highest BCUT2D eigenvalue weighted by Gasteiger charge is 2.08. The van der Waals surface area contributed by atoms with E-state index in [-0.39, 0.29) is 29.7 Å². The Balaban J connectivity index is 0.00000280. The Kier molecular flexibility index (Phi) is 8.10. The minimum absolute atomic E-state index is 0. The smallest absolute Gasteiger partial charge is 0.191 e. The lowest BCUT2D eigenvalue weighted by molar-refractivity contribution is 0.432. The quantitative estimate of drug-likeness (QED) is 0.235. The number of aromatic hydroxyl groups is 1. The fraction of sp³-hybridized carbons (Fsp3) is 0.286. The standard InChI is InChI=1S/C21H25FN4O.HI/c1-3-23-21(25-13-15-8-9-20(27)18(22)12-15)24-11-10-16-14(2)26-19-7-5-4-6-17(16)19;/h4-9,12,26-27H,3,10-11,13H2,1-2H3,(H2,23,24,25);1H. The van der Waals surface area contributed by atoms with Crippen molar-refractivity contribution in [3.63, 3.8) is 0 Å². The maximum absolute atomic E-state index is 13.4.